The highest BCUT2D eigenvalue weighted by Crippen LogP contribution is 2.24. The molecule has 0 bridgehead atoms. The Bertz CT molecular complexity index is 1130. The van der Waals surface area contributed by atoms with Gasteiger partial charge in [0, 0.05) is 18.3 Å². The maximum absolute atomic E-state index is 12.4. The molecule has 0 unspecified atom stereocenters. The van der Waals surface area contributed by atoms with Gasteiger partial charge in [0.1, 0.15) is 11.6 Å². The minimum atomic E-state index is -0.0513. The van der Waals surface area contributed by atoms with E-state index in [1.165, 1.54) is 0 Å². The van der Waals surface area contributed by atoms with Gasteiger partial charge in [0.15, 0.2) is 0 Å². The van der Waals surface area contributed by atoms with Gasteiger partial charge in [-0.2, -0.15) is 0 Å². The zero-order chi connectivity index (χ0) is 20.2. The third kappa shape index (κ3) is 4.14. The van der Waals surface area contributed by atoms with Crippen molar-refractivity contribution >= 4 is 22.6 Å². The molecule has 1 N–H and O–H groups in total. The predicted octanol–water partition coefficient (Wildman–Crippen LogP) is 4.82. The molecule has 0 saturated heterocycles. The van der Waals surface area contributed by atoms with Crippen LogP contribution in [0.25, 0.3) is 22.4 Å². The van der Waals surface area contributed by atoms with Crippen molar-refractivity contribution in [3.8, 4) is 17.1 Å². The summed E-state index contributed by atoms with van der Waals surface area (Å²) in [6.07, 6.45) is 0.318. The predicted molar refractivity (Wildman–Crippen MR) is 116 cm³/mol. The number of fused-ring (bicyclic) bond motifs is 1. The van der Waals surface area contributed by atoms with E-state index in [2.05, 4.69) is 16.0 Å². The molecule has 1 amide bonds. The summed E-state index contributed by atoms with van der Waals surface area (Å²) in [6.45, 7) is 2.58. The van der Waals surface area contributed by atoms with Crippen LogP contribution in [0, 0.1) is 0 Å². The van der Waals surface area contributed by atoms with Crippen molar-refractivity contribution in [3.05, 3.63) is 78.4 Å². The topological polar surface area (TPSA) is 56.1 Å². The van der Waals surface area contributed by atoms with E-state index in [9.17, 15) is 4.79 Å². The van der Waals surface area contributed by atoms with Gasteiger partial charge in [-0.3, -0.25) is 4.79 Å². The lowest BCUT2D eigenvalue weighted by Crippen LogP contribution is -2.14. The van der Waals surface area contributed by atoms with Gasteiger partial charge in [-0.1, -0.05) is 24.3 Å². The number of carbonyl (C=O) groups excluding carboxylic acids is 1. The Hall–Kier alpha value is -3.60. The van der Waals surface area contributed by atoms with Gasteiger partial charge in [0.25, 0.3) is 0 Å². The first kappa shape index (κ1) is 18.7. The van der Waals surface area contributed by atoms with Crippen molar-refractivity contribution in [2.24, 2.45) is 7.05 Å². The van der Waals surface area contributed by atoms with E-state index in [1.54, 1.807) is 0 Å². The fourth-order valence-electron chi connectivity index (χ4n) is 3.37. The Labute approximate surface area is 170 Å². The van der Waals surface area contributed by atoms with Crippen LogP contribution < -0.4 is 10.1 Å². The number of imidazole rings is 1. The molecular formula is C24H23N3O2. The van der Waals surface area contributed by atoms with E-state index in [1.807, 2.05) is 80.7 Å². The molecule has 4 rings (SSSR count). The van der Waals surface area contributed by atoms with Crippen LogP contribution in [-0.4, -0.2) is 22.1 Å². The first-order chi connectivity index (χ1) is 14.1. The van der Waals surface area contributed by atoms with Crippen LogP contribution in [0.5, 0.6) is 5.75 Å². The van der Waals surface area contributed by atoms with Gasteiger partial charge in [0.2, 0.25) is 5.91 Å². The van der Waals surface area contributed by atoms with Gasteiger partial charge in [-0.15, -0.1) is 0 Å². The van der Waals surface area contributed by atoms with Gasteiger partial charge < -0.3 is 14.6 Å². The van der Waals surface area contributed by atoms with E-state index < -0.39 is 0 Å². The van der Waals surface area contributed by atoms with E-state index in [-0.39, 0.29) is 5.91 Å². The summed E-state index contributed by atoms with van der Waals surface area (Å²) in [5, 5.41) is 2.95. The molecule has 0 aliphatic rings. The van der Waals surface area contributed by atoms with Crippen molar-refractivity contribution in [1.29, 1.82) is 0 Å². The van der Waals surface area contributed by atoms with E-state index in [4.69, 9.17) is 9.72 Å². The molecule has 0 spiro atoms. The molecule has 5 heteroatoms. The number of aryl methyl sites for hydroxylation is 1. The number of benzene rings is 3. The molecule has 0 radical (unpaired) electrons. The maximum Gasteiger partial charge on any atom is 0.228 e. The summed E-state index contributed by atoms with van der Waals surface area (Å²) in [5.41, 5.74) is 4.78. The smallest absolute Gasteiger partial charge is 0.228 e. The molecule has 0 aliphatic carbocycles. The van der Waals surface area contributed by atoms with Crippen LogP contribution in [0.1, 0.15) is 12.5 Å². The SMILES string of the molecule is CCOc1ccc(CC(=O)Nc2ccc(-c3nc4ccccc4n3C)cc2)cc1. The minimum Gasteiger partial charge on any atom is -0.494 e. The zero-order valence-electron chi connectivity index (χ0n) is 16.6. The Morgan fingerprint density at radius 1 is 1.00 bits per heavy atom. The Kier molecular flexibility index (Phi) is 5.29. The number of hydrogen-bond acceptors (Lipinski definition) is 3. The highest BCUT2D eigenvalue weighted by Gasteiger charge is 2.10. The average Bonchev–Trinajstić information content (AvgIpc) is 3.07. The van der Waals surface area contributed by atoms with Gasteiger partial charge in [0.05, 0.1) is 24.1 Å². The molecular weight excluding hydrogens is 362 g/mol. The molecule has 4 aromatic rings. The summed E-state index contributed by atoms with van der Waals surface area (Å²) >= 11 is 0. The number of anilines is 1. The molecule has 1 heterocycles. The average molecular weight is 385 g/mol. The second kappa shape index (κ2) is 8.19. The number of amides is 1. The molecule has 0 fully saturated rings. The van der Waals surface area contributed by atoms with Crippen LogP contribution in [0.3, 0.4) is 0 Å². The molecule has 146 valence electrons. The van der Waals surface area contributed by atoms with Crippen molar-refractivity contribution in [3.63, 3.8) is 0 Å². The summed E-state index contributed by atoms with van der Waals surface area (Å²) in [6, 6.07) is 23.4. The molecule has 0 aliphatic heterocycles. The third-order valence-electron chi connectivity index (χ3n) is 4.81. The van der Waals surface area contributed by atoms with Crippen molar-refractivity contribution in [2.75, 3.05) is 11.9 Å². The van der Waals surface area contributed by atoms with Crippen molar-refractivity contribution < 1.29 is 9.53 Å². The second-order valence-corrected chi connectivity index (χ2v) is 6.86. The van der Waals surface area contributed by atoms with Crippen molar-refractivity contribution in [2.45, 2.75) is 13.3 Å². The minimum absolute atomic E-state index is 0.0513. The number of nitrogens with one attached hydrogen (secondary N) is 1. The van der Waals surface area contributed by atoms with Gasteiger partial charge in [-0.05, 0) is 61.0 Å². The van der Waals surface area contributed by atoms with E-state index in [0.717, 1.165) is 39.4 Å². The number of aromatic nitrogens is 2. The van der Waals surface area contributed by atoms with Crippen LogP contribution in [0.2, 0.25) is 0 Å². The monoisotopic (exact) mass is 385 g/mol. The molecule has 5 nitrogen and oxygen atoms in total. The lowest BCUT2D eigenvalue weighted by molar-refractivity contribution is -0.115. The maximum atomic E-state index is 12.4. The fourth-order valence-corrected chi connectivity index (χ4v) is 3.37. The molecule has 1 aromatic heterocycles. The van der Waals surface area contributed by atoms with E-state index in [0.29, 0.717) is 13.0 Å². The number of ether oxygens (including phenoxy) is 1. The largest absolute Gasteiger partial charge is 0.494 e. The van der Waals surface area contributed by atoms with E-state index >= 15 is 0 Å². The Balaban J connectivity index is 1.43. The normalized spacial score (nSPS) is 10.8. The third-order valence-corrected chi connectivity index (χ3v) is 4.81. The van der Waals surface area contributed by atoms with Gasteiger partial charge >= 0.3 is 0 Å². The van der Waals surface area contributed by atoms with Crippen LogP contribution in [-0.2, 0) is 18.3 Å². The summed E-state index contributed by atoms with van der Waals surface area (Å²) in [7, 11) is 2.01. The van der Waals surface area contributed by atoms with Crippen molar-refractivity contribution in [1.82, 2.24) is 9.55 Å². The first-order valence-electron chi connectivity index (χ1n) is 9.67. The van der Waals surface area contributed by atoms with Crippen LogP contribution in [0.15, 0.2) is 72.8 Å². The zero-order valence-corrected chi connectivity index (χ0v) is 16.6. The second-order valence-electron chi connectivity index (χ2n) is 6.86. The Morgan fingerprint density at radius 3 is 2.41 bits per heavy atom. The number of hydrogen-bond donors (Lipinski definition) is 1. The lowest BCUT2D eigenvalue weighted by atomic mass is 10.1. The molecule has 29 heavy (non-hydrogen) atoms. The van der Waals surface area contributed by atoms with Crippen LogP contribution >= 0.6 is 0 Å². The fraction of sp³-hybridized carbons (Fsp3) is 0.167. The number of rotatable bonds is 6. The molecule has 0 atom stereocenters. The number of para-hydroxylation sites is 2. The quantitative estimate of drug-likeness (QED) is 0.518. The molecule has 3 aromatic carbocycles. The highest BCUT2D eigenvalue weighted by atomic mass is 16.5. The van der Waals surface area contributed by atoms with Gasteiger partial charge in [-0.25, -0.2) is 4.98 Å². The summed E-state index contributed by atoms with van der Waals surface area (Å²) in [4.78, 5) is 17.1. The Morgan fingerprint density at radius 2 is 1.72 bits per heavy atom. The number of nitrogens with zero attached hydrogens (tertiary/aromatic N) is 2. The van der Waals surface area contributed by atoms with Crippen LogP contribution in [0.4, 0.5) is 5.69 Å². The summed E-state index contributed by atoms with van der Waals surface area (Å²) < 4.78 is 7.51. The molecule has 0 saturated carbocycles. The lowest BCUT2D eigenvalue weighted by Gasteiger charge is -2.08. The first-order valence-corrected chi connectivity index (χ1v) is 9.67. The highest BCUT2D eigenvalue weighted by molar-refractivity contribution is 5.92. The number of carbonyl (C=O) groups is 1. The summed E-state index contributed by atoms with van der Waals surface area (Å²) in [5.74, 6) is 1.66. The standard InChI is InChI=1S/C24H23N3O2/c1-3-29-20-14-8-17(9-15-20)16-23(28)25-19-12-10-18(11-13-19)24-26-21-6-4-5-7-22(21)27(24)2/h4-15H,3,16H2,1-2H3,(H,25,28).